The van der Waals surface area contributed by atoms with Gasteiger partial charge in [-0.2, -0.15) is 0 Å². The van der Waals surface area contributed by atoms with E-state index in [0.29, 0.717) is 6.42 Å². The minimum atomic E-state index is -0.682. The molecule has 6 heteroatoms. The van der Waals surface area contributed by atoms with Gasteiger partial charge in [0.1, 0.15) is 11.6 Å². The number of amides is 2. The number of halogens is 2. The molecule has 0 bridgehead atoms. The quantitative estimate of drug-likeness (QED) is 0.756. The van der Waals surface area contributed by atoms with Crippen LogP contribution in [0.3, 0.4) is 0 Å². The van der Waals surface area contributed by atoms with Gasteiger partial charge in [0.05, 0.1) is 6.04 Å². The highest BCUT2D eigenvalue weighted by molar-refractivity contribution is 5.74. The number of hydrogen-bond acceptors (Lipinski definition) is 2. The van der Waals surface area contributed by atoms with Crippen molar-refractivity contribution < 1.29 is 18.7 Å². The molecule has 3 atom stereocenters. The zero-order chi connectivity index (χ0) is 16.0. The Labute approximate surface area is 123 Å². The number of hydrogen-bond donors (Lipinski definition) is 3. The molecule has 1 aromatic rings. The lowest BCUT2D eigenvalue weighted by molar-refractivity contribution is 0.199. The summed E-state index contributed by atoms with van der Waals surface area (Å²) >= 11 is 0. The average Bonchev–Trinajstić information content (AvgIpc) is 2.44. The van der Waals surface area contributed by atoms with Crippen LogP contribution in [-0.2, 0) is 0 Å². The molecule has 3 unspecified atom stereocenters. The van der Waals surface area contributed by atoms with Crippen LogP contribution in [0, 0.1) is 17.6 Å². The van der Waals surface area contributed by atoms with Crippen LogP contribution in [0.1, 0.15) is 38.8 Å². The van der Waals surface area contributed by atoms with Crippen molar-refractivity contribution in [1.82, 2.24) is 10.6 Å². The lowest BCUT2D eigenvalue weighted by atomic mass is 10.0. The Morgan fingerprint density at radius 2 is 1.95 bits per heavy atom. The zero-order valence-electron chi connectivity index (χ0n) is 12.5. The summed E-state index contributed by atoms with van der Waals surface area (Å²) in [6.07, 6.45) is 0.472. The molecule has 0 aromatic heterocycles. The van der Waals surface area contributed by atoms with Crippen LogP contribution in [0.25, 0.3) is 0 Å². The van der Waals surface area contributed by atoms with Crippen LogP contribution in [0.4, 0.5) is 13.6 Å². The first kappa shape index (κ1) is 17.4. The molecular weight excluding hydrogens is 278 g/mol. The van der Waals surface area contributed by atoms with Gasteiger partial charge in [0.15, 0.2) is 0 Å². The normalized spacial score (nSPS) is 15.1. The second kappa shape index (κ2) is 7.93. The number of carbonyl (C=O) groups excluding carboxylic acids is 1. The highest BCUT2D eigenvalue weighted by Gasteiger charge is 2.19. The fourth-order valence-electron chi connectivity index (χ4n) is 1.89. The molecule has 4 nitrogen and oxygen atoms in total. The Morgan fingerprint density at radius 3 is 2.48 bits per heavy atom. The molecule has 0 aliphatic carbocycles. The van der Waals surface area contributed by atoms with Gasteiger partial charge in [0.25, 0.3) is 0 Å². The highest BCUT2D eigenvalue weighted by Crippen LogP contribution is 2.20. The standard InChI is InChI=1S/C15H22F2N2O2/c1-4-14(12-6-5-11(16)7-13(12)17)19-15(21)18-10(3)9(2)8-20/h5-7,9-10,14,20H,4,8H2,1-3H3,(H2,18,19,21). The summed E-state index contributed by atoms with van der Waals surface area (Å²) in [7, 11) is 0. The van der Waals surface area contributed by atoms with Gasteiger partial charge < -0.3 is 15.7 Å². The van der Waals surface area contributed by atoms with Gasteiger partial charge in [-0.25, -0.2) is 13.6 Å². The topological polar surface area (TPSA) is 61.4 Å². The average molecular weight is 300 g/mol. The molecule has 0 radical (unpaired) electrons. The maximum atomic E-state index is 13.7. The summed E-state index contributed by atoms with van der Waals surface area (Å²) in [6.45, 7) is 5.35. The lowest BCUT2D eigenvalue weighted by Crippen LogP contribution is -2.45. The van der Waals surface area contributed by atoms with E-state index in [1.807, 2.05) is 6.92 Å². The van der Waals surface area contributed by atoms with E-state index < -0.39 is 23.7 Å². The molecule has 21 heavy (non-hydrogen) atoms. The summed E-state index contributed by atoms with van der Waals surface area (Å²) in [5.74, 6) is -1.42. The van der Waals surface area contributed by atoms with Gasteiger partial charge in [0.2, 0.25) is 0 Å². The Kier molecular flexibility index (Phi) is 6.55. The first-order valence-corrected chi connectivity index (χ1v) is 7.01. The van der Waals surface area contributed by atoms with Gasteiger partial charge in [-0.15, -0.1) is 0 Å². The maximum absolute atomic E-state index is 13.7. The smallest absolute Gasteiger partial charge is 0.315 e. The fraction of sp³-hybridized carbons (Fsp3) is 0.533. The molecule has 1 rings (SSSR count). The summed E-state index contributed by atoms with van der Waals surface area (Å²) < 4.78 is 26.7. The lowest BCUT2D eigenvalue weighted by Gasteiger charge is -2.23. The number of urea groups is 1. The Hall–Kier alpha value is -1.69. The summed E-state index contributed by atoms with van der Waals surface area (Å²) in [6, 6.07) is 2.09. The van der Waals surface area contributed by atoms with Crippen LogP contribution in [0.15, 0.2) is 18.2 Å². The molecule has 3 N–H and O–H groups in total. The number of nitrogens with one attached hydrogen (secondary N) is 2. The Balaban J connectivity index is 2.71. The maximum Gasteiger partial charge on any atom is 0.315 e. The van der Waals surface area contributed by atoms with Crippen molar-refractivity contribution in [3.63, 3.8) is 0 Å². The van der Waals surface area contributed by atoms with E-state index >= 15 is 0 Å². The number of rotatable bonds is 6. The van der Waals surface area contributed by atoms with Crippen molar-refractivity contribution in [3.8, 4) is 0 Å². The van der Waals surface area contributed by atoms with Crippen LogP contribution in [-0.4, -0.2) is 23.8 Å². The van der Waals surface area contributed by atoms with E-state index in [-0.39, 0.29) is 24.1 Å². The minimum Gasteiger partial charge on any atom is -0.396 e. The molecular formula is C15H22F2N2O2. The van der Waals surface area contributed by atoms with Crippen molar-refractivity contribution >= 4 is 6.03 Å². The molecule has 0 spiro atoms. The number of aliphatic hydroxyl groups excluding tert-OH is 1. The summed E-state index contributed by atoms with van der Waals surface area (Å²) in [5, 5.41) is 14.4. The second-order valence-corrected chi connectivity index (χ2v) is 5.19. The predicted octanol–water partition coefficient (Wildman–Crippen LogP) is 2.73. The zero-order valence-corrected chi connectivity index (χ0v) is 12.5. The van der Waals surface area contributed by atoms with Crippen LogP contribution < -0.4 is 10.6 Å². The largest absolute Gasteiger partial charge is 0.396 e. The molecule has 0 aliphatic rings. The second-order valence-electron chi connectivity index (χ2n) is 5.19. The monoisotopic (exact) mass is 300 g/mol. The minimum absolute atomic E-state index is 0.0365. The molecule has 0 saturated heterocycles. The third-order valence-corrected chi connectivity index (χ3v) is 3.55. The van der Waals surface area contributed by atoms with E-state index in [2.05, 4.69) is 10.6 Å². The number of aliphatic hydroxyl groups is 1. The summed E-state index contributed by atoms with van der Waals surface area (Å²) in [4.78, 5) is 11.9. The van der Waals surface area contributed by atoms with Crippen LogP contribution in [0.5, 0.6) is 0 Å². The van der Waals surface area contributed by atoms with E-state index in [4.69, 9.17) is 5.11 Å². The van der Waals surface area contributed by atoms with Crippen LogP contribution >= 0.6 is 0 Å². The van der Waals surface area contributed by atoms with E-state index in [1.165, 1.54) is 6.07 Å². The third-order valence-electron chi connectivity index (χ3n) is 3.55. The molecule has 1 aromatic carbocycles. The first-order valence-electron chi connectivity index (χ1n) is 7.01. The molecule has 0 fully saturated rings. The molecule has 118 valence electrons. The van der Waals surface area contributed by atoms with E-state index in [9.17, 15) is 13.6 Å². The number of carbonyl (C=O) groups is 1. The van der Waals surface area contributed by atoms with Gasteiger partial charge in [-0.1, -0.05) is 19.9 Å². The van der Waals surface area contributed by atoms with Gasteiger partial charge >= 0.3 is 6.03 Å². The van der Waals surface area contributed by atoms with Gasteiger partial charge in [0, 0.05) is 24.3 Å². The number of benzene rings is 1. The SMILES string of the molecule is CCC(NC(=O)NC(C)C(C)CO)c1ccc(F)cc1F. The van der Waals surface area contributed by atoms with Crippen molar-refractivity contribution in [3.05, 3.63) is 35.4 Å². The van der Waals surface area contributed by atoms with Crippen LogP contribution in [0.2, 0.25) is 0 Å². The molecule has 2 amide bonds. The summed E-state index contributed by atoms with van der Waals surface area (Å²) in [5.41, 5.74) is 0.247. The van der Waals surface area contributed by atoms with E-state index in [1.54, 1.807) is 13.8 Å². The van der Waals surface area contributed by atoms with Crippen molar-refractivity contribution in [2.75, 3.05) is 6.61 Å². The highest BCUT2D eigenvalue weighted by atomic mass is 19.1. The predicted molar refractivity (Wildman–Crippen MR) is 76.8 cm³/mol. The Morgan fingerprint density at radius 1 is 1.29 bits per heavy atom. The first-order chi connectivity index (χ1) is 9.88. The third kappa shape index (κ3) is 4.97. The molecule has 0 saturated carbocycles. The van der Waals surface area contributed by atoms with Crippen molar-refractivity contribution in [2.24, 2.45) is 5.92 Å². The van der Waals surface area contributed by atoms with Gasteiger partial charge in [-0.3, -0.25) is 0 Å². The Bertz CT molecular complexity index is 483. The van der Waals surface area contributed by atoms with E-state index in [0.717, 1.165) is 12.1 Å². The van der Waals surface area contributed by atoms with Crippen molar-refractivity contribution in [1.29, 1.82) is 0 Å². The fourth-order valence-corrected chi connectivity index (χ4v) is 1.89. The molecule has 0 heterocycles. The molecule has 0 aliphatic heterocycles. The van der Waals surface area contributed by atoms with Gasteiger partial charge in [-0.05, 0) is 25.3 Å². The van der Waals surface area contributed by atoms with Crippen molar-refractivity contribution in [2.45, 2.75) is 39.3 Å².